The van der Waals surface area contributed by atoms with E-state index in [0.717, 1.165) is 55.3 Å². The second-order valence-corrected chi connectivity index (χ2v) is 10.6. The minimum Gasteiger partial charge on any atom is -0.376 e. The van der Waals surface area contributed by atoms with Gasteiger partial charge in [-0.1, -0.05) is 32.1 Å². The zero-order valence-corrected chi connectivity index (χ0v) is 19.2. The average molecular weight is 444 g/mol. The van der Waals surface area contributed by atoms with Crippen molar-refractivity contribution in [1.29, 1.82) is 0 Å². The molecule has 2 aliphatic heterocycles. The summed E-state index contributed by atoms with van der Waals surface area (Å²) in [6.07, 6.45) is 10.2. The maximum Gasteiger partial charge on any atom is 0.271 e. The van der Waals surface area contributed by atoms with Crippen LogP contribution in [0.4, 0.5) is 0 Å². The first-order valence-electron chi connectivity index (χ1n) is 11.9. The number of rotatable bonds is 4. The van der Waals surface area contributed by atoms with E-state index in [0.29, 0.717) is 18.8 Å². The molecule has 2 atom stereocenters. The van der Waals surface area contributed by atoms with E-state index in [9.17, 15) is 9.59 Å². The summed E-state index contributed by atoms with van der Waals surface area (Å²) in [5, 5.41) is 5.40. The summed E-state index contributed by atoms with van der Waals surface area (Å²) < 4.78 is 9.01. The molecule has 1 saturated carbocycles. The van der Waals surface area contributed by atoms with Crippen LogP contribution in [0.3, 0.4) is 0 Å². The number of carbonyl (C=O) groups is 2. The third-order valence-corrected chi connectivity index (χ3v) is 8.24. The molecule has 0 aromatic carbocycles. The summed E-state index contributed by atoms with van der Waals surface area (Å²) >= 11 is 1.64. The first kappa shape index (κ1) is 21.0. The number of thiophene rings is 1. The molecule has 0 bridgehead atoms. The van der Waals surface area contributed by atoms with Gasteiger partial charge in [-0.2, -0.15) is 0 Å². The lowest BCUT2D eigenvalue weighted by Crippen LogP contribution is -2.66. The van der Waals surface area contributed by atoms with Gasteiger partial charge < -0.3 is 19.5 Å². The van der Waals surface area contributed by atoms with Gasteiger partial charge in [-0.25, -0.2) is 0 Å². The second-order valence-electron chi connectivity index (χ2n) is 9.63. The summed E-state index contributed by atoms with van der Waals surface area (Å²) in [5.41, 5.74) is 0.818. The van der Waals surface area contributed by atoms with Crippen molar-refractivity contribution >= 4 is 33.4 Å². The number of fused-ring (bicyclic) bond motifs is 3. The van der Waals surface area contributed by atoms with Gasteiger partial charge in [0.1, 0.15) is 11.2 Å². The molecule has 1 N–H and O–H groups in total. The van der Waals surface area contributed by atoms with Gasteiger partial charge in [0, 0.05) is 19.2 Å². The topological polar surface area (TPSA) is 63.6 Å². The molecule has 4 heterocycles. The Kier molecular flexibility index (Phi) is 5.82. The van der Waals surface area contributed by atoms with Crippen molar-refractivity contribution < 1.29 is 14.3 Å². The van der Waals surface area contributed by atoms with Crippen LogP contribution in [0.15, 0.2) is 17.5 Å². The van der Waals surface area contributed by atoms with Crippen molar-refractivity contribution in [3.8, 4) is 0 Å². The molecule has 2 aromatic rings. The van der Waals surface area contributed by atoms with Gasteiger partial charge in [-0.15, -0.1) is 11.3 Å². The predicted molar refractivity (Wildman–Crippen MR) is 122 cm³/mol. The smallest absolute Gasteiger partial charge is 0.271 e. The van der Waals surface area contributed by atoms with Crippen LogP contribution in [0.25, 0.3) is 10.2 Å². The lowest BCUT2D eigenvalue weighted by Gasteiger charge is -2.45. The number of carbonyl (C=O) groups excluding carboxylic acids is 2. The predicted octanol–water partition coefficient (Wildman–Crippen LogP) is 4.33. The molecule has 6 nitrogen and oxygen atoms in total. The van der Waals surface area contributed by atoms with E-state index in [2.05, 4.69) is 16.0 Å². The van der Waals surface area contributed by atoms with Crippen molar-refractivity contribution in [3.05, 3.63) is 23.2 Å². The third kappa shape index (κ3) is 3.91. The van der Waals surface area contributed by atoms with Crippen LogP contribution >= 0.6 is 11.3 Å². The quantitative estimate of drug-likeness (QED) is 0.765. The fourth-order valence-electron chi connectivity index (χ4n) is 5.49. The van der Waals surface area contributed by atoms with Crippen LogP contribution in [0, 0.1) is 0 Å². The summed E-state index contributed by atoms with van der Waals surface area (Å²) in [7, 11) is 0. The van der Waals surface area contributed by atoms with Crippen LogP contribution in [-0.2, 0) is 16.1 Å². The molecule has 5 rings (SSSR count). The Hall–Kier alpha value is -1.86. The Morgan fingerprint density at radius 3 is 2.71 bits per heavy atom. The Morgan fingerprint density at radius 1 is 1.19 bits per heavy atom. The Balaban J connectivity index is 1.45. The van der Waals surface area contributed by atoms with E-state index in [1.54, 1.807) is 16.2 Å². The molecule has 0 radical (unpaired) electrons. The number of hydrogen-bond donors (Lipinski definition) is 1. The fourth-order valence-corrected chi connectivity index (χ4v) is 6.31. The maximum absolute atomic E-state index is 13.8. The lowest BCUT2D eigenvalue weighted by atomic mass is 9.91. The second kappa shape index (κ2) is 8.58. The highest BCUT2D eigenvalue weighted by molar-refractivity contribution is 7.17. The van der Waals surface area contributed by atoms with Crippen LogP contribution in [0.1, 0.15) is 75.2 Å². The van der Waals surface area contributed by atoms with Crippen LogP contribution in [0.5, 0.6) is 0 Å². The molecule has 2 aromatic heterocycles. The van der Waals surface area contributed by atoms with E-state index in [1.165, 1.54) is 19.3 Å². The highest BCUT2D eigenvalue weighted by atomic mass is 32.1. The number of nitrogens with zero attached hydrogens (tertiary/aromatic N) is 2. The maximum atomic E-state index is 13.8. The van der Waals surface area contributed by atoms with Gasteiger partial charge in [0.05, 0.1) is 22.9 Å². The molecular formula is C24H33N3O3S. The molecule has 168 valence electrons. The fraction of sp³-hybridized carbons (Fsp3) is 0.667. The zero-order chi connectivity index (χ0) is 21.4. The Bertz CT molecular complexity index is 953. The van der Waals surface area contributed by atoms with E-state index in [1.807, 2.05) is 18.4 Å². The van der Waals surface area contributed by atoms with E-state index >= 15 is 0 Å². The highest BCUT2D eigenvalue weighted by Crippen LogP contribution is 2.35. The number of hydrogen-bond acceptors (Lipinski definition) is 4. The molecule has 1 saturated heterocycles. The van der Waals surface area contributed by atoms with Gasteiger partial charge in [0.25, 0.3) is 5.91 Å². The average Bonchev–Trinajstić information content (AvgIpc) is 3.46. The van der Waals surface area contributed by atoms with Crippen LogP contribution in [-0.4, -0.2) is 52.1 Å². The van der Waals surface area contributed by atoms with Gasteiger partial charge in [0.15, 0.2) is 0 Å². The van der Waals surface area contributed by atoms with Crippen molar-refractivity contribution in [3.63, 3.8) is 0 Å². The number of amides is 2. The summed E-state index contributed by atoms with van der Waals surface area (Å²) in [6, 6.07) is 4.24. The molecule has 2 amide bonds. The Labute approximate surface area is 187 Å². The van der Waals surface area contributed by atoms with Crippen molar-refractivity contribution in [2.75, 3.05) is 13.2 Å². The van der Waals surface area contributed by atoms with Crippen LogP contribution < -0.4 is 5.32 Å². The zero-order valence-electron chi connectivity index (χ0n) is 18.4. The molecule has 2 fully saturated rings. The molecule has 1 aliphatic carbocycles. The Morgan fingerprint density at radius 2 is 1.97 bits per heavy atom. The number of nitrogens with one attached hydrogen (secondary N) is 1. The first-order chi connectivity index (χ1) is 15.1. The minimum atomic E-state index is -0.924. The normalized spacial score (nSPS) is 27.8. The van der Waals surface area contributed by atoms with Gasteiger partial charge in [0.2, 0.25) is 5.91 Å². The van der Waals surface area contributed by atoms with Gasteiger partial charge >= 0.3 is 0 Å². The molecule has 0 spiro atoms. The minimum absolute atomic E-state index is 0.0140. The molecule has 3 aliphatic rings. The van der Waals surface area contributed by atoms with Crippen molar-refractivity contribution in [1.82, 2.24) is 14.8 Å². The van der Waals surface area contributed by atoms with E-state index in [4.69, 9.17) is 4.74 Å². The number of aromatic nitrogens is 1. The lowest BCUT2D eigenvalue weighted by molar-refractivity contribution is -0.134. The van der Waals surface area contributed by atoms with Crippen LogP contribution in [0.2, 0.25) is 0 Å². The van der Waals surface area contributed by atoms with E-state index in [-0.39, 0.29) is 24.0 Å². The highest BCUT2D eigenvalue weighted by Gasteiger charge is 2.49. The summed E-state index contributed by atoms with van der Waals surface area (Å²) in [5.74, 6) is -0.0763. The standard InChI is InChI=1S/C24H33N3O3S/c1-24(23(29)25-17-8-5-3-2-4-6-9-17)16-26-19-11-13-31-21(19)14-20(26)22(28)27(24)15-18-10-7-12-30-18/h11,13-14,17-18H,2-10,12,15-16H2,1H3,(H,25,29)/t18-,24-/m1/s1. The molecule has 0 unspecified atom stereocenters. The number of ether oxygens (including phenoxy) is 1. The van der Waals surface area contributed by atoms with Crippen molar-refractivity contribution in [2.24, 2.45) is 0 Å². The summed E-state index contributed by atoms with van der Waals surface area (Å²) in [4.78, 5) is 29.2. The largest absolute Gasteiger partial charge is 0.376 e. The third-order valence-electron chi connectivity index (χ3n) is 7.39. The van der Waals surface area contributed by atoms with Gasteiger partial charge in [-0.05, 0) is 50.1 Å². The molecule has 7 heteroatoms. The molecule has 31 heavy (non-hydrogen) atoms. The monoisotopic (exact) mass is 443 g/mol. The molecular weight excluding hydrogens is 410 g/mol. The summed E-state index contributed by atoms with van der Waals surface area (Å²) in [6.45, 7) is 3.65. The van der Waals surface area contributed by atoms with Gasteiger partial charge in [-0.3, -0.25) is 9.59 Å². The first-order valence-corrected chi connectivity index (χ1v) is 12.8. The SMILES string of the molecule is C[C@]1(C(=O)NC2CCCCCCC2)Cn2c(cc3sccc32)C(=O)N1C[C@H]1CCCO1. The van der Waals surface area contributed by atoms with E-state index < -0.39 is 5.54 Å². The van der Waals surface area contributed by atoms with Crippen molar-refractivity contribution in [2.45, 2.75) is 88.9 Å².